The second kappa shape index (κ2) is 7.34. The molecule has 0 saturated heterocycles. The third-order valence-electron chi connectivity index (χ3n) is 3.03. The molecule has 0 saturated carbocycles. The standard InChI is InChI=1S/C16H14N4OS2/c1-11(12-5-4-8-17-9-12)19-20-15(21)10-22-16-18-13-6-2-3-7-14(13)23-16/h2-9H,10H2,1H3,(H,20,21)/b19-11-. The highest BCUT2D eigenvalue weighted by molar-refractivity contribution is 8.01. The molecular formula is C16H14N4OS2. The van der Waals surface area contributed by atoms with Crippen molar-refractivity contribution in [1.29, 1.82) is 0 Å². The lowest BCUT2D eigenvalue weighted by Crippen LogP contribution is -2.21. The molecule has 5 nitrogen and oxygen atoms in total. The maximum Gasteiger partial charge on any atom is 0.250 e. The van der Waals surface area contributed by atoms with Gasteiger partial charge in [-0.2, -0.15) is 5.10 Å². The van der Waals surface area contributed by atoms with Gasteiger partial charge < -0.3 is 0 Å². The minimum atomic E-state index is -0.155. The van der Waals surface area contributed by atoms with E-state index in [0.29, 0.717) is 0 Å². The Balaban J connectivity index is 1.55. The normalized spacial score (nSPS) is 11.6. The van der Waals surface area contributed by atoms with E-state index in [0.717, 1.165) is 25.8 Å². The number of thioether (sulfide) groups is 1. The minimum absolute atomic E-state index is 0.155. The summed E-state index contributed by atoms with van der Waals surface area (Å²) in [6.45, 7) is 1.83. The number of hydrazone groups is 1. The summed E-state index contributed by atoms with van der Waals surface area (Å²) < 4.78 is 2.01. The molecule has 3 rings (SSSR count). The SMILES string of the molecule is C/C(=N/NC(=O)CSc1nc2ccccc2s1)c1cccnc1. The number of nitrogens with one attached hydrogen (secondary N) is 1. The van der Waals surface area contributed by atoms with E-state index in [1.807, 2.05) is 43.3 Å². The number of carbonyl (C=O) groups excluding carboxylic acids is 1. The zero-order valence-corrected chi connectivity index (χ0v) is 14.0. The van der Waals surface area contributed by atoms with Gasteiger partial charge in [-0.05, 0) is 25.1 Å². The van der Waals surface area contributed by atoms with Crippen LogP contribution in [0.5, 0.6) is 0 Å². The zero-order valence-electron chi connectivity index (χ0n) is 12.4. The zero-order chi connectivity index (χ0) is 16.1. The quantitative estimate of drug-likeness (QED) is 0.439. The minimum Gasteiger partial charge on any atom is -0.272 e. The van der Waals surface area contributed by atoms with E-state index < -0.39 is 0 Å². The first kappa shape index (κ1) is 15.6. The van der Waals surface area contributed by atoms with Crippen LogP contribution in [0.2, 0.25) is 0 Å². The van der Waals surface area contributed by atoms with Crippen LogP contribution in [0, 0.1) is 0 Å². The molecule has 0 atom stereocenters. The van der Waals surface area contributed by atoms with Crippen LogP contribution < -0.4 is 5.43 Å². The molecule has 0 radical (unpaired) electrons. The van der Waals surface area contributed by atoms with Crippen LogP contribution >= 0.6 is 23.1 Å². The Morgan fingerprint density at radius 3 is 2.96 bits per heavy atom. The number of aromatic nitrogens is 2. The monoisotopic (exact) mass is 342 g/mol. The fourth-order valence-electron chi connectivity index (χ4n) is 1.86. The number of hydrogen-bond donors (Lipinski definition) is 1. The third kappa shape index (κ3) is 4.14. The largest absolute Gasteiger partial charge is 0.272 e. The lowest BCUT2D eigenvalue weighted by atomic mass is 10.2. The van der Waals surface area contributed by atoms with Gasteiger partial charge in [-0.1, -0.05) is 30.0 Å². The van der Waals surface area contributed by atoms with Crippen molar-refractivity contribution in [2.24, 2.45) is 5.10 Å². The molecule has 1 amide bonds. The highest BCUT2D eigenvalue weighted by atomic mass is 32.2. The Bertz CT molecular complexity index is 812. The van der Waals surface area contributed by atoms with E-state index in [4.69, 9.17) is 0 Å². The predicted octanol–water partition coefficient (Wildman–Crippen LogP) is 3.32. The molecule has 2 aromatic heterocycles. The molecular weight excluding hydrogens is 328 g/mol. The van der Waals surface area contributed by atoms with Crippen LogP contribution in [-0.4, -0.2) is 27.3 Å². The molecule has 0 fully saturated rings. The number of thiazole rings is 1. The van der Waals surface area contributed by atoms with E-state index in [1.54, 1.807) is 23.7 Å². The molecule has 1 aromatic carbocycles. The van der Waals surface area contributed by atoms with Gasteiger partial charge in [0.05, 0.1) is 21.7 Å². The maximum atomic E-state index is 11.9. The van der Waals surface area contributed by atoms with Crippen molar-refractivity contribution in [3.63, 3.8) is 0 Å². The number of rotatable bonds is 5. The Morgan fingerprint density at radius 2 is 2.17 bits per heavy atom. The van der Waals surface area contributed by atoms with Crippen molar-refractivity contribution in [3.05, 3.63) is 54.4 Å². The maximum absolute atomic E-state index is 11.9. The summed E-state index contributed by atoms with van der Waals surface area (Å²) in [5.41, 5.74) is 5.13. The van der Waals surface area contributed by atoms with Crippen molar-refractivity contribution in [3.8, 4) is 0 Å². The van der Waals surface area contributed by atoms with Crippen LogP contribution in [0.15, 0.2) is 58.2 Å². The summed E-state index contributed by atoms with van der Waals surface area (Å²) in [4.78, 5) is 20.4. The van der Waals surface area contributed by atoms with Gasteiger partial charge >= 0.3 is 0 Å². The molecule has 2 heterocycles. The average Bonchev–Trinajstić information content (AvgIpc) is 3.01. The number of amides is 1. The number of hydrogen-bond acceptors (Lipinski definition) is 6. The highest BCUT2D eigenvalue weighted by Gasteiger charge is 2.07. The van der Waals surface area contributed by atoms with E-state index in [2.05, 4.69) is 20.5 Å². The first-order chi connectivity index (χ1) is 11.2. The van der Waals surface area contributed by atoms with Gasteiger partial charge in [0, 0.05) is 18.0 Å². The number of pyridine rings is 1. The van der Waals surface area contributed by atoms with E-state index in [9.17, 15) is 4.79 Å². The molecule has 7 heteroatoms. The van der Waals surface area contributed by atoms with Crippen molar-refractivity contribution >= 4 is 44.9 Å². The highest BCUT2D eigenvalue weighted by Crippen LogP contribution is 2.28. The molecule has 3 aromatic rings. The number of benzene rings is 1. The summed E-state index contributed by atoms with van der Waals surface area (Å²) in [6.07, 6.45) is 3.41. The second-order valence-corrected chi connectivity index (χ2v) is 6.96. The summed E-state index contributed by atoms with van der Waals surface area (Å²) in [6, 6.07) is 11.7. The molecule has 0 spiro atoms. The lowest BCUT2D eigenvalue weighted by Gasteiger charge is -2.01. The van der Waals surface area contributed by atoms with Crippen LogP contribution in [0.25, 0.3) is 10.2 Å². The molecule has 0 aliphatic rings. The van der Waals surface area contributed by atoms with Gasteiger partial charge in [0.15, 0.2) is 4.34 Å². The van der Waals surface area contributed by atoms with Crippen LogP contribution in [0.3, 0.4) is 0 Å². The third-order valence-corrected chi connectivity index (χ3v) is 5.21. The smallest absolute Gasteiger partial charge is 0.250 e. The molecule has 0 aliphatic heterocycles. The number of carbonyl (C=O) groups is 1. The van der Waals surface area contributed by atoms with Crippen LogP contribution in [0.1, 0.15) is 12.5 Å². The Labute approximate surface area is 141 Å². The van der Waals surface area contributed by atoms with Crippen molar-refractivity contribution < 1.29 is 4.79 Å². The predicted molar refractivity (Wildman–Crippen MR) is 94.9 cm³/mol. The van der Waals surface area contributed by atoms with Crippen molar-refractivity contribution in [2.45, 2.75) is 11.3 Å². The molecule has 116 valence electrons. The Morgan fingerprint density at radius 1 is 1.30 bits per heavy atom. The van der Waals surface area contributed by atoms with Gasteiger partial charge in [-0.25, -0.2) is 10.4 Å². The van der Waals surface area contributed by atoms with E-state index in [-0.39, 0.29) is 11.7 Å². The number of para-hydroxylation sites is 1. The number of nitrogens with zero attached hydrogens (tertiary/aromatic N) is 3. The van der Waals surface area contributed by atoms with E-state index >= 15 is 0 Å². The fourth-order valence-corrected chi connectivity index (χ4v) is 3.72. The van der Waals surface area contributed by atoms with E-state index in [1.165, 1.54) is 11.8 Å². The molecule has 0 unspecified atom stereocenters. The van der Waals surface area contributed by atoms with Gasteiger partial charge in [0.2, 0.25) is 0 Å². The first-order valence-electron chi connectivity index (χ1n) is 6.94. The van der Waals surface area contributed by atoms with Gasteiger partial charge in [0.25, 0.3) is 5.91 Å². The average molecular weight is 342 g/mol. The van der Waals surface area contributed by atoms with Gasteiger partial charge in [-0.15, -0.1) is 11.3 Å². The fraction of sp³-hybridized carbons (Fsp3) is 0.125. The topological polar surface area (TPSA) is 67.2 Å². The number of fused-ring (bicyclic) bond motifs is 1. The summed E-state index contributed by atoms with van der Waals surface area (Å²) in [5.74, 6) is 0.126. The first-order valence-corrected chi connectivity index (χ1v) is 8.74. The second-order valence-electron chi connectivity index (χ2n) is 4.71. The van der Waals surface area contributed by atoms with Crippen LogP contribution in [0.4, 0.5) is 0 Å². The van der Waals surface area contributed by atoms with Gasteiger partial charge in [-0.3, -0.25) is 9.78 Å². The molecule has 0 bridgehead atoms. The molecule has 1 N–H and O–H groups in total. The van der Waals surface area contributed by atoms with Gasteiger partial charge in [0.1, 0.15) is 0 Å². The van der Waals surface area contributed by atoms with Crippen molar-refractivity contribution in [2.75, 3.05) is 5.75 Å². The summed E-state index contributed by atoms with van der Waals surface area (Å²) in [5, 5.41) is 4.10. The molecule has 23 heavy (non-hydrogen) atoms. The Kier molecular flexibility index (Phi) is 4.99. The lowest BCUT2D eigenvalue weighted by molar-refractivity contribution is -0.118. The van der Waals surface area contributed by atoms with Crippen molar-refractivity contribution in [1.82, 2.24) is 15.4 Å². The van der Waals surface area contributed by atoms with Crippen LogP contribution in [-0.2, 0) is 4.79 Å². The summed E-state index contributed by atoms with van der Waals surface area (Å²) >= 11 is 3.00. The Hall–Kier alpha value is -2.25. The summed E-state index contributed by atoms with van der Waals surface area (Å²) in [7, 11) is 0. The molecule has 0 aliphatic carbocycles.